The van der Waals surface area contributed by atoms with Crippen molar-refractivity contribution in [1.29, 1.82) is 0 Å². The molecule has 1 spiro atoms. The fourth-order valence-corrected chi connectivity index (χ4v) is 8.40. The number of phenols is 1. The van der Waals surface area contributed by atoms with E-state index in [9.17, 15) is 24.6 Å². The first kappa shape index (κ1) is 35.4. The van der Waals surface area contributed by atoms with Crippen LogP contribution in [0, 0.1) is 11.8 Å². The number of benzene rings is 1. The number of rotatable bonds is 20. The van der Waals surface area contributed by atoms with E-state index in [0.717, 1.165) is 88.3 Å². The van der Waals surface area contributed by atoms with E-state index in [-0.39, 0.29) is 46.8 Å². The predicted octanol–water partition coefficient (Wildman–Crippen LogP) is 6.18. The summed E-state index contributed by atoms with van der Waals surface area (Å²) in [6.45, 7) is 5.16. The van der Waals surface area contributed by atoms with Crippen LogP contribution in [0.15, 0.2) is 17.8 Å². The Labute approximate surface area is 280 Å². The maximum absolute atomic E-state index is 12.4. The first-order valence-electron chi connectivity index (χ1n) is 18.2. The van der Waals surface area contributed by atoms with Gasteiger partial charge in [0.2, 0.25) is 5.91 Å². The number of hydrogen-bond acceptors (Lipinski definition) is 8. The van der Waals surface area contributed by atoms with Crippen LogP contribution >= 0.6 is 0 Å². The van der Waals surface area contributed by atoms with Gasteiger partial charge in [-0.05, 0) is 88.8 Å². The summed E-state index contributed by atoms with van der Waals surface area (Å²) in [5.74, 6) is 1.74. The number of nitrogens with zero attached hydrogens (tertiary/aromatic N) is 1. The summed E-state index contributed by atoms with van der Waals surface area (Å²) in [5, 5.41) is 24.5. The van der Waals surface area contributed by atoms with Crippen LogP contribution in [0.3, 0.4) is 0 Å². The molecule has 4 aliphatic rings. The largest absolute Gasteiger partial charge is 0.504 e. The average Bonchev–Trinajstić information content (AvgIpc) is 3.40. The zero-order valence-corrected chi connectivity index (χ0v) is 28.7. The third-order valence-corrected chi connectivity index (χ3v) is 11.2. The highest BCUT2D eigenvalue weighted by Crippen LogP contribution is 2.64. The van der Waals surface area contributed by atoms with Crippen LogP contribution in [-0.2, 0) is 24.5 Å². The number of aromatic hydroxyl groups is 1. The van der Waals surface area contributed by atoms with Crippen LogP contribution in [-0.4, -0.2) is 71.2 Å². The van der Waals surface area contributed by atoms with Crippen molar-refractivity contribution in [3.63, 3.8) is 0 Å². The number of phenolic OH excluding ortho intramolecular Hbond substituents is 1. The van der Waals surface area contributed by atoms with Crippen molar-refractivity contribution in [2.45, 2.75) is 140 Å². The summed E-state index contributed by atoms with van der Waals surface area (Å²) >= 11 is 0. The van der Waals surface area contributed by atoms with E-state index >= 15 is 0 Å². The highest BCUT2D eigenvalue weighted by Gasteiger charge is 2.64. The quantitative estimate of drug-likeness (QED) is 0.113. The Bertz CT molecular complexity index is 1310. The Balaban J connectivity index is 0.936. The zero-order chi connectivity index (χ0) is 33.6. The number of aliphatic hydroxyl groups excluding tert-OH is 1. The number of likely N-dealkylation sites (tertiary alicyclic amines) is 1. The van der Waals surface area contributed by atoms with Gasteiger partial charge in [-0.3, -0.25) is 14.4 Å². The minimum atomic E-state index is -0.916. The number of aliphatic hydroxyl groups is 1. The molecule has 1 saturated carbocycles. The van der Waals surface area contributed by atoms with Gasteiger partial charge in [0.15, 0.2) is 17.8 Å². The molecule has 2 aliphatic heterocycles. The van der Waals surface area contributed by atoms with Gasteiger partial charge in [-0.25, -0.2) is 0 Å². The number of allylic oxidation sites excluding steroid dienone is 1. The third kappa shape index (κ3) is 8.05. The Morgan fingerprint density at radius 1 is 1.02 bits per heavy atom. The molecule has 1 aromatic carbocycles. The lowest BCUT2D eigenvalue weighted by Crippen LogP contribution is -2.61. The highest BCUT2D eigenvalue weighted by molar-refractivity contribution is 5.78. The van der Waals surface area contributed by atoms with Crippen molar-refractivity contribution in [3.8, 4) is 11.5 Å². The fourth-order valence-electron chi connectivity index (χ4n) is 8.40. The molecule has 2 fully saturated rings. The Morgan fingerprint density at radius 2 is 1.74 bits per heavy atom. The lowest BCUT2D eigenvalue weighted by Gasteiger charge is -2.55. The first-order valence-corrected chi connectivity index (χ1v) is 18.2. The molecule has 0 radical (unpaired) electrons. The third-order valence-electron chi connectivity index (χ3n) is 11.2. The molecular formula is C38H56N2O7. The number of piperidine rings is 1. The maximum atomic E-state index is 12.4. The second-order valence-electron chi connectivity index (χ2n) is 14.5. The van der Waals surface area contributed by atoms with Crippen LogP contribution < -0.4 is 10.1 Å². The number of Topliss-reactive ketones (excluding diaryl/α,β-unsaturated/α-hetero) is 2. The normalized spacial score (nSPS) is 25.0. The first-order chi connectivity index (χ1) is 22.6. The van der Waals surface area contributed by atoms with Crippen molar-refractivity contribution in [1.82, 2.24) is 10.2 Å². The molecule has 2 aliphatic carbocycles. The summed E-state index contributed by atoms with van der Waals surface area (Å²) in [5.41, 5.74) is 3.34. The summed E-state index contributed by atoms with van der Waals surface area (Å²) in [4.78, 5) is 38.1. The second kappa shape index (κ2) is 16.0. The van der Waals surface area contributed by atoms with E-state index in [2.05, 4.69) is 23.3 Å². The molecule has 0 aromatic heterocycles. The zero-order valence-electron chi connectivity index (χ0n) is 28.7. The van der Waals surface area contributed by atoms with Crippen molar-refractivity contribution in [2.75, 3.05) is 20.1 Å². The van der Waals surface area contributed by atoms with Crippen LogP contribution in [0.5, 0.6) is 11.5 Å². The molecule has 3 N–H and O–H groups in total. The molecule has 5 rings (SSSR count). The van der Waals surface area contributed by atoms with E-state index in [4.69, 9.17) is 9.47 Å². The number of carbonyl (C=O) groups excluding carboxylic acids is 3. The molecular weight excluding hydrogens is 596 g/mol. The van der Waals surface area contributed by atoms with Crippen molar-refractivity contribution < 1.29 is 34.1 Å². The van der Waals surface area contributed by atoms with Crippen LogP contribution in [0.4, 0.5) is 0 Å². The molecule has 9 heteroatoms. The van der Waals surface area contributed by atoms with E-state index in [0.29, 0.717) is 50.3 Å². The summed E-state index contributed by atoms with van der Waals surface area (Å²) in [7, 11) is 2.15. The standard InChI is InChI=1S/C38H56N2O7/c1-25(26(2)41)12-10-11-22-39-33(44)15-7-5-4-6-13-28(42)14-8-9-16-34(45)46-32-20-18-29-30-24-27-17-19-31(43)36-35(27)38(29,37(32)47-36)21-23-40(30)3/h17,19,24-25,29,32,34,37,43,45H,4-16,18,20-23H2,1-3H3,(H,39,44). The Kier molecular flexibility index (Phi) is 12.0. The van der Waals surface area contributed by atoms with Gasteiger partial charge in [0.1, 0.15) is 17.7 Å². The SMILES string of the molecule is CC(=O)C(C)CCCCNC(=O)CCCCCCC(=O)CCCCC(O)OC1CCC2C3=Cc4ccc(O)c5c4C2(CCN3C)C1O5. The molecule has 1 saturated heterocycles. The molecule has 6 unspecified atom stereocenters. The van der Waals surface area contributed by atoms with Crippen LogP contribution in [0.25, 0.3) is 6.08 Å². The van der Waals surface area contributed by atoms with Crippen LogP contribution in [0.1, 0.15) is 128 Å². The van der Waals surface area contributed by atoms with E-state index in [1.54, 1.807) is 13.0 Å². The summed E-state index contributed by atoms with van der Waals surface area (Å²) in [6, 6.07) is 3.71. The molecule has 1 amide bonds. The number of amides is 1. The topological polar surface area (TPSA) is 125 Å². The van der Waals surface area contributed by atoms with Gasteiger partial charge in [0.05, 0.1) is 6.10 Å². The van der Waals surface area contributed by atoms with Crippen LogP contribution in [0.2, 0.25) is 0 Å². The van der Waals surface area contributed by atoms with E-state index in [1.807, 2.05) is 13.0 Å². The number of unbranched alkanes of at least 4 members (excludes halogenated alkanes) is 5. The number of ketones is 2. The minimum absolute atomic E-state index is 0.0793. The Morgan fingerprint density at radius 3 is 2.51 bits per heavy atom. The lowest BCUT2D eigenvalue weighted by atomic mass is 9.54. The monoisotopic (exact) mass is 652 g/mol. The van der Waals surface area contributed by atoms with Gasteiger partial charge in [0.25, 0.3) is 0 Å². The highest BCUT2D eigenvalue weighted by atomic mass is 16.6. The number of carbonyl (C=O) groups is 3. The number of nitrogens with one attached hydrogen (secondary N) is 1. The second-order valence-corrected chi connectivity index (χ2v) is 14.5. The molecule has 2 heterocycles. The summed E-state index contributed by atoms with van der Waals surface area (Å²) in [6.07, 6.45) is 13.3. The van der Waals surface area contributed by atoms with Gasteiger partial charge in [-0.1, -0.05) is 32.3 Å². The van der Waals surface area contributed by atoms with E-state index in [1.165, 1.54) is 5.70 Å². The van der Waals surface area contributed by atoms with Gasteiger partial charge < -0.3 is 29.9 Å². The van der Waals surface area contributed by atoms with Gasteiger partial charge in [-0.2, -0.15) is 0 Å². The molecule has 2 bridgehead atoms. The maximum Gasteiger partial charge on any atom is 0.219 e. The number of ether oxygens (including phenoxy) is 2. The fraction of sp³-hybridized carbons (Fsp3) is 0.711. The minimum Gasteiger partial charge on any atom is -0.504 e. The molecule has 6 atom stereocenters. The van der Waals surface area contributed by atoms with Crippen molar-refractivity contribution in [3.05, 3.63) is 29.0 Å². The van der Waals surface area contributed by atoms with Gasteiger partial charge in [0, 0.05) is 67.9 Å². The smallest absolute Gasteiger partial charge is 0.219 e. The molecule has 47 heavy (non-hydrogen) atoms. The Hall–Kier alpha value is -2.91. The van der Waals surface area contributed by atoms with Crippen molar-refractivity contribution in [2.24, 2.45) is 11.8 Å². The number of hydrogen-bond donors (Lipinski definition) is 3. The van der Waals surface area contributed by atoms with Crippen molar-refractivity contribution >= 4 is 23.5 Å². The van der Waals surface area contributed by atoms with E-state index < -0.39 is 6.29 Å². The lowest BCUT2D eigenvalue weighted by molar-refractivity contribution is -0.188. The van der Waals surface area contributed by atoms with Gasteiger partial charge >= 0.3 is 0 Å². The average molecular weight is 653 g/mol. The molecule has 260 valence electrons. The molecule has 1 aromatic rings. The predicted molar refractivity (Wildman–Crippen MR) is 181 cm³/mol. The molecule has 9 nitrogen and oxygen atoms in total. The van der Waals surface area contributed by atoms with Gasteiger partial charge in [-0.15, -0.1) is 0 Å². The summed E-state index contributed by atoms with van der Waals surface area (Å²) < 4.78 is 12.8.